The molecule has 0 radical (unpaired) electrons. The lowest BCUT2D eigenvalue weighted by Crippen LogP contribution is -2.27. The summed E-state index contributed by atoms with van der Waals surface area (Å²) in [4.78, 5) is 34.9. The van der Waals surface area contributed by atoms with Crippen LogP contribution in [0, 0.1) is 0 Å². The molecule has 0 rings (SSSR count). The number of nitrogens with one attached hydrogen (secondary N) is 1. The number of hydrogen-bond acceptors (Lipinski definition) is 5. The molecule has 0 aliphatic rings. The third-order valence-electron chi connectivity index (χ3n) is 5.05. The van der Waals surface area contributed by atoms with Gasteiger partial charge in [-0.25, -0.2) is 0 Å². The van der Waals surface area contributed by atoms with E-state index in [4.69, 9.17) is 9.47 Å². The molecular formula is C30H49NO5. The lowest BCUT2D eigenvalue weighted by atomic mass is 10.2. The van der Waals surface area contributed by atoms with Crippen molar-refractivity contribution >= 4 is 17.8 Å². The molecule has 6 nitrogen and oxygen atoms in total. The van der Waals surface area contributed by atoms with Gasteiger partial charge in [-0.05, 0) is 65.2 Å². The quantitative estimate of drug-likeness (QED) is 0.0986. The number of unbranched alkanes of at least 4 members (excludes halogenated alkanes) is 4. The zero-order valence-corrected chi connectivity index (χ0v) is 22.8. The van der Waals surface area contributed by atoms with Crippen molar-refractivity contribution < 1.29 is 23.9 Å². The predicted molar refractivity (Wildman–Crippen MR) is 147 cm³/mol. The number of allylic oxidation sites excluding steroid dienone is 8. The molecule has 0 aromatic carbocycles. The van der Waals surface area contributed by atoms with Crippen molar-refractivity contribution in [2.24, 2.45) is 0 Å². The summed E-state index contributed by atoms with van der Waals surface area (Å²) >= 11 is 0. The fourth-order valence-corrected chi connectivity index (χ4v) is 3.16. The van der Waals surface area contributed by atoms with Gasteiger partial charge in [0.05, 0.1) is 12.6 Å². The van der Waals surface area contributed by atoms with E-state index in [1.165, 1.54) is 25.7 Å². The molecule has 0 spiro atoms. The second kappa shape index (κ2) is 25.5. The van der Waals surface area contributed by atoms with E-state index in [9.17, 15) is 14.4 Å². The average Bonchev–Trinajstić information content (AvgIpc) is 2.83. The highest BCUT2D eigenvalue weighted by molar-refractivity contribution is 5.76. The summed E-state index contributed by atoms with van der Waals surface area (Å²) in [6, 6.07) is 0. The van der Waals surface area contributed by atoms with Crippen molar-refractivity contribution in [2.45, 2.75) is 110 Å². The van der Waals surface area contributed by atoms with E-state index in [-0.39, 0.29) is 43.4 Å². The van der Waals surface area contributed by atoms with E-state index in [0.29, 0.717) is 19.4 Å². The van der Waals surface area contributed by atoms with Crippen molar-refractivity contribution in [3.63, 3.8) is 0 Å². The van der Waals surface area contributed by atoms with Crippen LogP contribution in [0.4, 0.5) is 0 Å². The number of rotatable bonds is 22. The summed E-state index contributed by atoms with van der Waals surface area (Å²) in [6.07, 6.45) is 28.1. The van der Waals surface area contributed by atoms with Gasteiger partial charge in [0.1, 0.15) is 6.61 Å². The second-order valence-electron chi connectivity index (χ2n) is 8.94. The van der Waals surface area contributed by atoms with Gasteiger partial charge in [0.2, 0.25) is 5.91 Å². The summed E-state index contributed by atoms with van der Waals surface area (Å²) in [6.45, 7) is 6.23. The Morgan fingerprint density at radius 1 is 0.694 bits per heavy atom. The molecule has 1 N–H and O–H groups in total. The first-order chi connectivity index (χ1) is 17.5. The van der Waals surface area contributed by atoms with Gasteiger partial charge in [0.15, 0.2) is 0 Å². The predicted octanol–water partition coefficient (Wildman–Crippen LogP) is 6.91. The molecule has 6 heteroatoms. The number of carbonyl (C=O) groups is 3. The van der Waals surface area contributed by atoms with Crippen LogP contribution >= 0.6 is 0 Å². The standard InChI is InChI=1S/C30H49NO5/c1-4-5-6-7-8-9-10-11-12-13-14-15-16-17-18-19-20-22-28(32)31-25-26-35-29(33)23-21-24-30(34)36-27(2)3/h8-9,11-12,14-15,17-18,27H,4-7,10,13,16,19-26H2,1-3H3,(H,31,32)/b9-8-,12-11-,15-14-,18-17-. The summed E-state index contributed by atoms with van der Waals surface area (Å²) < 4.78 is 10.1. The SMILES string of the molecule is CCCCC/C=C\C/C=C\C/C=C\C/C=C\CCCC(=O)NCCOC(=O)CCCC(=O)OC(C)C. The molecule has 0 aliphatic carbocycles. The van der Waals surface area contributed by atoms with Gasteiger partial charge in [-0.3, -0.25) is 14.4 Å². The van der Waals surface area contributed by atoms with E-state index in [1.54, 1.807) is 13.8 Å². The molecule has 0 atom stereocenters. The monoisotopic (exact) mass is 503 g/mol. The van der Waals surface area contributed by atoms with Gasteiger partial charge in [-0.2, -0.15) is 0 Å². The minimum atomic E-state index is -0.373. The van der Waals surface area contributed by atoms with E-state index in [0.717, 1.165) is 32.1 Å². The Balaban J connectivity index is 3.57. The first-order valence-electron chi connectivity index (χ1n) is 13.7. The molecule has 0 aromatic heterocycles. The number of amides is 1. The fourth-order valence-electron chi connectivity index (χ4n) is 3.16. The van der Waals surface area contributed by atoms with Gasteiger partial charge in [-0.1, -0.05) is 68.4 Å². The van der Waals surface area contributed by atoms with Crippen LogP contribution in [-0.2, 0) is 23.9 Å². The molecule has 204 valence electrons. The van der Waals surface area contributed by atoms with Crippen LogP contribution in [-0.4, -0.2) is 37.1 Å². The van der Waals surface area contributed by atoms with Crippen molar-refractivity contribution in [1.29, 1.82) is 0 Å². The van der Waals surface area contributed by atoms with Crippen molar-refractivity contribution in [1.82, 2.24) is 5.32 Å². The van der Waals surface area contributed by atoms with Gasteiger partial charge in [0, 0.05) is 19.3 Å². The second-order valence-corrected chi connectivity index (χ2v) is 8.94. The van der Waals surface area contributed by atoms with Gasteiger partial charge in [-0.15, -0.1) is 0 Å². The van der Waals surface area contributed by atoms with E-state index < -0.39 is 0 Å². The molecule has 1 amide bonds. The molecule has 0 aliphatic heterocycles. The maximum absolute atomic E-state index is 11.8. The highest BCUT2D eigenvalue weighted by Gasteiger charge is 2.08. The van der Waals surface area contributed by atoms with Crippen LogP contribution < -0.4 is 5.32 Å². The Bertz CT molecular complexity index is 691. The molecule has 0 heterocycles. The number of esters is 2. The molecule has 0 fully saturated rings. The molecule has 0 unspecified atom stereocenters. The minimum absolute atomic E-state index is 0.0432. The third kappa shape index (κ3) is 26.0. The molecular weight excluding hydrogens is 454 g/mol. The summed E-state index contributed by atoms with van der Waals surface area (Å²) in [5.41, 5.74) is 0. The van der Waals surface area contributed by atoms with Crippen LogP contribution in [0.15, 0.2) is 48.6 Å². The molecule has 0 bridgehead atoms. The smallest absolute Gasteiger partial charge is 0.306 e. The number of hydrogen-bond donors (Lipinski definition) is 1. The summed E-state index contributed by atoms with van der Waals surface area (Å²) in [5, 5.41) is 2.75. The zero-order valence-electron chi connectivity index (χ0n) is 22.8. The highest BCUT2D eigenvalue weighted by Crippen LogP contribution is 2.03. The molecule has 0 saturated carbocycles. The van der Waals surface area contributed by atoms with Gasteiger partial charge < -0.3 is 14.8 Å². The van der Waals surface area contributed by atoms with Crippen molar-refractivity contribution in [3.8, 4) is 0 Å². The lowest BCUT2D eigenvalue weighted by molar-refractivity contribution is -0.148. The van der Waals surface area contributed by atoms with Crippen LogP contribution in [0.3, 0.4) is 0 Å². The Hall–Kier alpha value is -2.63. The zero-order chi connectivity index (χ0) is 26.7. The lowest BCUT2D eigenvalue weighted by Gasteiger charge is -2.08. The van der Waals surface area contributed by atoms with Crippen LogP contribution in [0.25, 0.3) is 0 Å². The summed E-state index contributed by atoms with van der Waals surface area (Å²) in [5.74, 6) is -0.725. The Labute approximate surface area is 219 Å². The molecule has 0 aromatic rings. The third-order valence-corrected chi connectivity index (χ3v) is 5.05. The normalized spacial score (nSPS) is 11.9. The number of ether oxygens (including phenoxy) is 2. The first kappa shape index (κ1) is 33.4. The van der Waals surface area contributed by atoms with Crippen LogP contribution in [0.2, 0.25) is 0 Å². The highest BCUT2D eigenvalue weighted by atomic mass is 16.5. The van der Waals surface area contributed by atoms with Crippen LogP contribution in [0.1, 0.15) is 104 Å². The average molecular weight is 504 g/mol. The van der Waals surface area contributed by atoms with Crippen LogP contribution in [0.5, 0.6) is 0 Å². The fraction of sp³-hybridized carbons (Fsp3) is 0.633. The van der Waals surface area contributed by atoms with E-state index in [1.807, 2.05) is 0 Å². The maximum atomic E-state index is 11.8. The van der Waals surface area contributed by atoms with Crippen molar-refractivity contribution in [3.05, 3.63) is 48.6 Å². The maximum Gasteiger partial charge on any atom is 0.306 e. The van der Waals surface area contributed by atoms with E-state index >= 15 is 0 Å². The molecule has 0 saturated heterocycles. The summed E-state index contributed by atoms with van der Waals surface area (Å²) in [7, 11) is 0. The first-order valence-corrected chi connectivity index (χ1v) is 13.7. The van der Waals surface area contributed by atoms with Gasteiger partial charge in [0.25, 0.3) is 0 Å². The largest absolute Gasteiger partial charge is 0.464 e. The van der Waals surface area contributed by atoms with E-state index in [2.05, 4.69) is 60.8 Å². The van der Waals surface area contributed by atoms with Gasteiger partial charge >= 0.3 is 11.9 Å². The minimum Gasteiger partial charge on any atom is -0.464 e. The number of carbonyl (C=O) groups excluding carboxylic acids is 3. The Kier molecular flexibility index (Phi) is 23.6. The topological polar surface area (TPSA) is 81.7 Å². The Morgan fingerprint density at radius 3 is 1.83 bits per heavy atom. The Morgan fingerprint density at radius 2 is 1.25 bits per heavy atom. The molecule has 36 heavy (non-hydrogen) atoms. The van der Waals surface area contributed by atoms with Crippen molar-refractivity contribution in [2.75, 3.05) is 13.2 Å².